The molecule has 0 radical (unpaired) electrons. The maximum atomic E-state index is 11.8. The number of likely N-dealkylation sites (tertiary alicyclic amines) is 1. The van der Waals surface area contributed by atoms with Crippen molar-refractivity contribution in [1.82, 2.24) is 4.90 Å². The molecule has 1 aliphatic carbocycles. The number of rotatable bonds is 4. The predicted octanol–water partition coefficient (Wildman–Crippen LogP) is 2.83. The highest BCUT2D eigenvalue weighted by Gasteiger charge is 2.51. The number of nitrogens with one attached hydrogen (secondary N) is 1. The molecule has 0 bridgehead atoms. The summed E-state index contributed by atoms with van der Waals surface area (Å²) in [5.41, 5.74) is -0.142. The fraction of sp³-hybridized carbons (Fsp3) is 0.533. The van der Waals surface area contributed by atoms with Crippen molar-refractivity contribution < 1.29 is 9.90 Å². The summed E-state index contributed by atoms with van der Waals surface area (Å²) in [6.07, 6.45) is 3.00. The maximum Gasteiger partial charge on any atom is 0.330 e. The second kappa shape index (κ2) is 4.93. The molecular formula is C15H19ClN2O2. The summed E-state index contributed by atoms with van der Waals surface area (Å²) >= 11 is 5.98. The van der Waals surface area contributed by atoms with Crippen LogP contribution in [0.25, 0.3) is 0 Å². The summed E-state index contributed by atoms with van der Waals surface area (Å²) in [7, 11) is 0. The van der Waals surface area contributed by atoms with Gasteiger partial charge in [-0.3, -0.25) is 4.90 Å². The first kappa shape index (κ1) is 13.7. The van der Waals surface area contributed by atoms with Crippen LogP contribution in [0.3, 0.4) is 0 Å². The van der Waals surface area contributed by atoms with Crippen LogP contribution in [0, 0.1) is 0 Å². The number of halogens is 1. The Kier molecular flexibility index (Phi) is 3.38. The highest BCUT2D eigenvalue weighted by atomic mass is 35.5. The van der Waals surface area contributed by atoms with Gasteiger partial charge in [0.05, 0.1) is 0 Å². The molecular weight excluding hydrogens is 276 g/mol. The van der Waals surface area contributed by atoms with Gasteiger partial charge in [0.25, 0.3) is 0 Å². The van der Waals surface area contributed by atoms with Gasteiger partial charge in [-0.2, -0.15) is 0 Å². The molecule has 0 aromatic heterocycles. The molecule has 4 nitrogen and oxygen atoms in total. The Morgan fingerprint density at radius 2 is 2.25 bits per heavy atom. The number of anilines is 1. The molecule has 2 N–H and O–H groups in total. The van der Waals surface area contributed by atoms with E-state index in [1.54, 1.807) is 12.1 Å². The molecule has 1 aromatic carbocycles. The lowest BCUT2D eigenvalue weighted by molar-refractivity contribution is -0.141. The predicted molar refractivity (Wildman–Crippen MR) is 79.2 cm³/mol. The second-order valence-electron chi connectivity index (χ2n) is 5.98. The minimum absolute atomic E-state index is 0.297. The summed E-state index contributed by atoms with van der Waals surface area (Å²) < 4.78 is 0. The van der Waals surface area contributed by atoms with Crippen molar-refractivity contribution in [1.29, 1.82) is 0 Å². The maximum absolute atomic E-state index is 11.8. The Morgan fingerprint density at radius 1 is 1.50 bits per heavy atom. The van der Waals surface area contributed by atoms with Crippen molar-refractivity contribution >= 4 is 23.3 Å². The third kappa shape index (κ3) is 2.50. The first-order valence-corrected chi connectivity index (χ1v) is 7.41. The fourth-order valence-electron chi connectivity index (χ4n) is 3.19. The van der Waals surface area contributed by atoms with Crippen LogP contribution in [0.5, 0.6) is 0 Å². The van der Waals surface area contributed by atoms with E-state index in [-0.39, 0.29) is 0 Å². The fourth-order valence-corrected chi connectivity index (χ4v) is 3.38. The lowest BCUT2D eigenvalue weighted by atomic mass is 9.96. The quantitative estimate of drug-likeness (QED) is 0.896. The molecule has 1 heterocycles. The highest BCUT2D eigenvalue weighted by Crippen LogP contribution is 2.39. The van der Waals surface area contributed by atoms with Crippen LogP contribution in [0.4, 0.5) is 5.69 Å². The summed E-state index contributed by atoms with van der Waals surface area (Å²) in [6, 6.07) is 8.13. The Morgan fingerprint density at radius 3 is 2.85 bits per heavy atom. The number of carboxylic acids is 1. The normalized spacial score (nSPS) is 30.4. The van der Waals surface area contributed by atoms with Gasteiger partial charge in [-0.05, 0) is 44.4 Å². The van der Waals surface area contributed by atoms with Gasteiger partial charge in [-0.25, -0.2) is 4.79 Å². The van der Waals surface area contributed by atoms with Gasteiger partial charge >= 0.3 is 5.97 Å². The van der Waals surface area contributed by atoms with E-state index in [1.807, 2.05) is 12.1 Å². The summed E-state index contributed by atoms with van der Waals surface area (Å²) in [5.74, 6) is -0.785. The lowest BCUT2D eigenvalue weighted by Gasteiger charge is -2.27. The van der Waals surface area contributed by atoms with Crippen LogP contribution in [0.1, 0.15) is 26.2 Å². The average molecular weight is 295 g/mol. The van der Waals surface area contributed by atoms with Crippen molar-refractivity contribution in [2.24, 2.45) is 0 Å². The molecule has 2 aliphatic rings. The zero-order valence-electron chi connectivity index (χ0n) is 11.5. The third-order valence-corrected chi connectivity index (χ3v) is 4.53. The monoisotopic (exact) mass is 294 g/mol. The number of carbonyl (C=O) groups is 1. The Balaban J connectivity index is 1.84. The van der Waals surface area contributed by atoms with E-state index in [4.69, 9.17) is 11.6 Å². The van der Waals surface area contributed by atoms with Crippen LogP contribution < -0.4 is 5.32 Å². The van der Waals surface area contributed by atoms with E-state index in [9.17, 15) is 9.90 Å². The highest BCUT2D eigenvalue weighted by molar-refractivity contribution is 6.30. The minimum Gasteiger partial charge on any atom is -0.479 e. The van der Waals surface area contributed by atoms with Gasteiger partial charge in [0.2, 0.25) is 0 Å². The standard InChI is InChI=1S/C15H19ClN2O2/c1-10-8-15(14(19)20,9-18(10)13-5-6-13)17-12-4-2-3-11(16)7-12/h2-4,7,10,13,17H,5-6,8-9H2,1H3,(H,19,20). The van der Waals surface area contributed by atoms with Crippen molar-refractivity contribution in [3.8, 4) is 0 Å². The molecule has 1 aliphatic heterocycles. The molecule has 3 rings (SSSR count). The number of aliphatic carboxylic acids is 1. The number of nitrogens with zero attached hydrogens (tertiary/aromatic N) is 1. The number of hydrogen-bond acceptors (Lipinski definition) is 3. The van der Waals surface area contributed by atoms with Gasteiger partial charge in [-0.1, -0.05) is 17.7 Å². The molecule has 2 fully saturated rings. The molecule has 1 saturated carbocycles. The molecule has 108 valence electrons. The van der Waals surface area contributed by atoms with Crippen LogP contribution in [0.2, 0.25) is 5.02 Å². The van der Waals surface area contributed by atoms with Gasteiger partial charge < -0.3 is 10.4 Å². The zero-order chi connectivity index (χ0) is 14.3. The molecule has 2 atom stereocenters. The van der Waals surface area contributed by atoms with Crippen LogP contribution in [-0.2, 0) is 4.79 Å². The molecule has 1 saturated heterocycles. The van der Waals surface area contributed by atoms with E-state index >= 15 is 0 Å². The average Bonchev–Trinajstić information content (AvgIpc) is 3.15. The zero-order valence-corrected chi connectivity index (χ0v) is 12.2. The van der Waals surface area contributed by atoms with E-state index in [0.717, 1.165) is 5.69 Å². The smallest absolute Gasteiger partial charge is 0.330 e. The summed E-state index contributed by atoms with van der Waals surface area (Å²) in [4.78, 5) is 14.1. The Hall–Kier alpha value is -1.26. The number of benzene rings is 1. The van der Waals surface area contributed by atoms with Gasteiger partial charge in [0.15, 0.2) is 0 Å². The van der Waals surface area contributed by atoms with Gasteiger partial charge in [0, 0.05) is 29.3 Å². The minimum atomic E-state index is -0.910. The van der Waals surface area contributed by atoms with E-state index < -0.39 is 11.5 Å². The molecule has 0 amide bonds. The van der Waals surface area contributed by atoms with Crippen LogP contribution >= 0.6 is 11.6 Å². The van der Waals surface area contributed by atoms with E-state index in [0.29, 0.717) is 30.1 Å². The second-order valence-corrected chi connectivity index (χ2v) is 6.42. The number of hydrogen-bond donors (Lipinski definition) is 2. The van der Waals surface area contributed by atoms with Crippen molar-refractivity contribution in [2.45, 2.75) is 43.8 Å². The van der Waals surface area contributed by atoms with Crippen molar-refractivity contribution in [3.05, 3.63) is 29.3 Å². The molecule has 0 spiro atoms. The molecule has 20 heavy (non-hydrogen) atoms. The summed E-state index contributed by atoms with van der Waals surface area (Å²) in [6.45, 7) is 2.67. The van der Waals surface area contributed by atoms with Gasteiger partial charge in [0.1, 0.15) is 5.54 Å². The number of carboxylic acid groups (broad SMARTS) is 1. The first-order valence-electron chi connectivity index (χ1n) is 7.03. The molecule has 1 aromatic rings. The van der Waals surface area contributed by atoms with E-state index in [2.05, 4.69) is 17.1 Å². The largest absolute Gasteiger partial charge is 0.479 e. The molecule has 5 heteroatoms. The first-order chi connectivity index (χ1) is 9.50. The SMILES string of the molecule is CC1CC(Nc2cccc(Cl)c2)(C(=O)O)CN1C1CC1. The van der Waals surface area contributed by atoms with Crippen molar-refractivity contribution in [3.63, 3.8) is 0 Å². The Bertz CT molecular complexity index is 532. The summed E-state index contributed by atoms with van der Waals surface area (Å²) in [5, 5.41) is 13.5. The Labute approximate surface area is 123 Å². The lowest BCUT2D eigenvalue weighted by Crippen LogP contribution is -2.49. The van der Waals surface area contributed by atoms with Crippen LogP contribution in [0.15, 0.2) is 24.3 Å². The third-order valence-electron chi connectivity index (χ3n) is 4.30. The molecule has 2 unspecified atom stereocenters. The topological polar surface area (TPSA) is 52.6 Å². The van der Waals surface area contributed by atoms with Gasteiger partial charge in [-0.15, -0.1) is 0 Å². The van der Waals surface area contributed by atoms with E-state index in [1.165, 1.54) is 12.8 Å². The van der Waals surface area contributed by atoms with Crippen molar-refractivity contribution in [2.75, 3.05) is 11.9 Å². The van der Waals surface area contributed by atoms with Crippen LogP contribution in [-0.4, -0.2) is 40.1 Å².